The molecule has 0 aromatic heterocycles. The van der Waals surface area contributed by atoms with Gasteiger partial charge in [-0.25, -0.2) is 0 Å². The number of hydrogen-bond acceptors (Lipinski definition) is 2. The van der Waals surface area contributed by atoms with E-state index in [-0.39, 0.29) is 0 Å². The van der Waals surface area contributed by atoms with Gasteiger partial charge >= 0.3 is 0 Å². The second kappa shape index (κ2) is 6.49. The van der Waals surface area contributed by atoms with Gasteiger partial charge in [0.05, 0.1) is 0 Å². The van der Waals surface area contributed by atoms with Gasteiger partial charge in [0, 0.05) is 25.2 Å². The van der Waals surface area contributed by atoms with E-state index in [1.54, 1.807) is 0 Å². The zero-order valence-electron chi connectivity index (χ0n) is 10.9. The molecule has 0 saturated heterocycles. The monoisotopic (exact) mass is 212 g/mol. The van der Waals surface area contributed by atoms with Crippen molar-refractivity contribution in [1.82, 2.24) is 10.2 Å². The molecule has 15 heavy (non-hydrogen) atoms. The van der Waals surface area contributed by atoms with Crippen molar-refractivity contribution in [1.29, 1.82) is 0 Å². The highest BCUT2D eigenvalue weighted by atomic mass is 15.2. The van der Waals surface area contributed by atoms with Crippen LogP contribution in [0.25, 0.3) is 0 Å². The number of rotatable bonds is 7. The van der Waals surface area contributed by atoms with E-state index in [1.165, 1.54) is 25.8 Å². The maximum absolute atomic E-state index is 3.53. The van der Waals surface area contributed by atoms with Crippen LogP contribution < -0.4 is 5.32 Å². The quantitative estimate of drug-likeness (QED) is 0.652. The van der Waals surface area contributed by atoms with Crippen molar-refractivity contribution < 1.29 is 0 Å². The van der Waals surface area contributed by atoms with Crippen LogP contribution in [-0.2, 0) is 0 Å². The van der Waals surface area contributed by atoms with Crippen molar-refractivity contribution in [3.8, 4) is 0 Å². The zero-order valence-corrected chi connectivity index (χ0v) is 10.9. The first kappa shape index (κ1) is 13.0. The molecule has 2 heteroatoms. The Labute approximate surface area is 95.4 Å². The number of nitrogens with zero attached hydrogens (tertiary/aromatic N) is 1. The molecule has 0 aliphatic heterocycles. The molecule has 1 N–H and O–H groups in total. The fourth-order valence-electron chi connectivity index (χ4n) is 2.18. The van der Waals surface area contributed by atoms with Crippen LogP contribution in [0.4, 0.5) is 0 Å². The van der Waals surface area contributed by atoms with Crippen LogP contribution in [0.2, 0.25) is 0 Å². The van der Waals surface area contributed by atoms with Crippen molar-refractivity contribution in [2.24, 2.45) is 5.92 Å². The molecule has 0 atom stereocenters. The van der Waals surface area contributed by atoms with Gasteiger partial charge in [0.25, 0.3) is 0 Å². The Balaban J connectivity index is 2.14. The molecule has 1 fully saturated rings. The Morgan fingerprint density at radius 1 is 1.20 bits per heavy atom. The average Bonchev–Trinajstić information content (AvgIpc) is 2.06. The summed E-state index contributed by atoms with van der Waals surface area (Å²) in [5.74, 6) is 0.765. The molecular formula is C13H28N2. The summed E-state index contributed by atoms with van der Waals surface area (Å²) in [6.45, 7) is 12.7. The lowest BCUT2D eigenvalue weighted by Crippen LogP contribution is -2.47. The third-order valence-electron chi connectivity index (χ3n) is 3.31. The molecule has 1 rings (SSSR count). The fraction of sp³-hybridized carbons (Fsp3) is 1.00. The average molecular weight is 212 g/mol. The summed E-state index contributed by atoms with van der Waals surface area (Å²) >= 11 is 0. The van der Waals surface area contributed by atoms with E-state index >= 15 is 0 Å². The SMILES string of the molecule is CC(C)CNCCN(C(C)C)C1CCC1. The van der Waals surface area contributed by atoms with Crippen LogP contribution in [0.3, 0.4) is 0 Å². The molecule has 0 bridgehead atoms. The van der Waals surface area contributed by atoms with Crippen molar-refractivity contribution in [3.63, 3.8) is 0 Å². The van der Waals surface area contributed by atoms with Gasteiger partial charge in [0.15, 0.2) is 0 Å². The third kappa shape index (κ3) is 4.52. The lowest BCUT2D eigenvalue weighted by atomic mass is 9.90. The molecule has 0 spiro atoms. The summed E-state index contributed by atoms with van der Waals surface area (Å²) in [5.41, 5.74) is 0. The number of hydrogen-bond donors (Lipinski definition) is 1. The molecule has 1 aliphatic carbocycles. The van der Waals surface area contributed by atoms with Gasteiger partial charge in [-0.1, -0.05) is 20.3 Å². The van der Waals surface area contributed by atoms with E-state index in [0.717, 1.165) is 25.0 Å². The fourth-order valence-corrected chi connectivity index (χ4v) is 2.18. The second-order valence-corrected chi connectivity index (χ2v) is 5.51. The summed E-state index contributed by atoms with van der Waals surface area (Å²) in [6, 6.07) is 1.59. The van der Waals surface area contributed by atoms with E-state index in [0.29, 0.717) is 6.04 Å². The minimum absolute atomic E-state index is 0.705. The maximum Gasteiger partial charge on any atom is 0.0112 e. The molecule has 0 aromatic carbocycles. The van der Waals surface area contributed by atoms with Gasteiger partial charge in [-0.2, -0.15) is 0 Å². The summed E-state index contributed by atoms with van der Waals surface area (Å²) in [4.78, 5) is 2.66. The lowest BCUT2D eigenvalue weighted by Gasteiger charge is -2.40. The molecule has 0 aromatic rings. The second-order valence-electron chi connectivity index (χ2n) is 5.51. The maximum atomic E-state index is 3.53. The molecule has 1 saturated carbocycles. The Morgan fingerprint density at radius 3 is 2.27 bits per heavy atom. The predicted octanol–water partition coefficient (Wildman–Crippen LogP) is 2.49. The Morgan fingerprint density at radius 2 is 1.87 bits per heavy atom. The predicted molar refractivity (Wildman–Crippen MR) is 67.2 cm³/mol. The number of nitrogens with one attached hydrogen (secondary N) is 1. The van der Waals surface area contributed by atoms with Crippen LogP contribution in [0.15, 0.2) is 0 Å². The highest BCUT2D eigenvalue weighted by Gasteiger charge is 2.25. The molecule has 2 nitrogen and oxygen atoms in total. The van der Waals surface area contributed by atoms with E-state index in [1.807, 2.05) is 0 Å². The third-order valence-corrected chi connectivity index (χ3v) is 3.31. The van der Waals surface area contributed by atoms with Crippen molar-refractivity contribution >= 4 is 0 Å². The smallest absolute Gasteiger partial charge is 0.0112 e. The van der Waals surface area contributed by atoms with Gasteiger partial charge in [0.2, 0.25) is 0 Å². The van der Waals surface area contributed by atoms with Gasteiger partial charge in [-0.15, -0.1) is 0 Å². The molecule has 0 amide bonds. The largest absolute Gasteiger partial charge is 0.315 e. The first-order valence-corrected chi connectivity index (χ1v) is 6.57. The lowest BCUT2D eigenvalue weighted by molar-refractivity contribution is 0.0953. The van der Waals surface area contributed by atoms with Crippen molar-refractivity contribution in [2.45, 2.75) is 59.0 Å². The molecule has 0 heterocycles. The zero-order chi connectivity index (χ0) is 11.3. The summed E-state index contributed by atoms with van der Waals surface area (Å²) in [5, 5.41) is 3.53. The first-order valence-electron chi connectivity index (χ1n) is 6.57. The minimum atomic E-state index is 0.705. The Bertz CT molecular complexity index is 162. The molecule has 0 radical (unpaired) electrons. The van der Waals surface area contributed by atoms with Crippen LogP contribution in [0.1, 0.15) is 47.0 Å². The van der Waals surface area contributed by atoms with Gasteiger partial charge in [-0.3, -0.25) is 4.90 Å². The van der Waals surface area contributed by atoms with Crippen LogP contribution in [0, 0.1) is 5.92 Å². The van der Waals surface area contributed by atoms with Gasteiger partial charge in [-0.05, 0) is 39.2 Å². The van der Waals surface area contributed by atoms with Crippen LogP contribution in [0.5, 0.6) is 0 Å². The summed E-state index contributed by atoms with van der Waals surface area (Å²) < 4.78 is 0. The van der Waals surface area contributed by atoms with E-state index in [9.17, 15) is 0 Å². The Hall–Kier alpha value is -0.0800. The van der Waals surface area contributed by atoms with Crippen LogP contribution in [-0.4, -0.2) is 36.6 Å². The van der Waals surface area contributed by atoms with E-state index < -0.39 is 0 Å². The summed E-state index contributed by atoms with van der Waals surface area (Å²) in [7, 11) is 0. The molecule has 0 unspecified atom stereocenters. The van der Waals surface area contributed by atoms with E-state index in [4.69, 9.17) is 0 Å². The summed E-state index contributed by atoms with van der Waals surface area (Å²) in [6.07, 6.45) is 4.28. The Kier molecular flexibility index (Phi) is 5.62. The van der Waals surface area contributed by atoms with Crippen LogP contribution >= 0.6 is 0 Å². The highest BCUT2D eigenvalue weighted by molar-refractivity contribution is 4.82. The van der Waals surface area contributed by atoms with Gasteiger partial charge in [0.1, 0.15) is 0 Å². The van der Waals surface area contributed by atoms with Gasteiger partial charge < -0.3 is 5.32 Å². The normalized spacial score (nSPS) is 17.8. The standard InChI is InChI=1S/C13H28N2/c1-11(2)10-14-8-9-15(12(3)4)13-6-5-7-13/h11-14H,5-10H2,1-4H3. The minimum Gasteiger partial charge on any atom is -0.315 e. The topological polar surface area (TPSA) is 15.3 Å². The van der Waals surface area contributed by atoms with E-state index in [2.05, 4.69) is 37.9 Å². The molecule has 90 valence electrons. The first-order chi connectivity index (χ1) is 7.11. The van der Waals surface area contributed by atoms with Crippen molar-refractivity contribution in [3.05, 3.63) is 0 Å². The van der Waals surface area contributed by atoms with Crippen molar-refractivity contribution in [2.75, 3.05) is 19.6 Å². The molecular weight excluding hydrogens is 184 g/mol. The molecule has 1 aliphatic rings. The highest BCUT2D eigenvalue weighted by Crippen LogP contribution is 2.25.